The Kier molecular flexibility index (Phi) is 5.62. The van der Waals surface area contributed by atoms with Crippen LogP contribution in [0.4, 0.5) is 5.69 Å². The van der Waals surface area contributed by atoms with E-state index in [0.29, 0.717) is 11.1 Å². The largest absolute Gasteiger partial charge is 0.457 e. The average molecular weight is 347 g/mol. The SMILES string of the molecule is CN(C)c1cccc(COC(=O)c2ccc(CS(C)(=O)=O)cc2)c1. The van der Waals surface area contributed by atoms with Gasteiger partial charge >= 0.3 is 5.97 Å². The zero-order valence-corrected chi connectivity index (χ0v) is 14.8. The molecule has 0 radical (unpaired) electrons. The molecule has 0 N–H and O–H groups in total. The Balaban J connectivity index is 1.99. The lowest BCUT2D eigenvalue weighted by Crippen LogP contribution is -2.09. The summed E-state index contributed by atoms with van der Waals surface area (Å²) >= 11 is 0. The molecule has 5 nitrogen and oxygen atoms in total. The van der Waals surface area contributed by atoms with Crippen molar-refractivity contribution in [3.63, 3.8) is 0 Å². The maximum atomic E-state index is 12.1. The van der Waals surface area contributed by atoms with Gasteiger partial charge < -0.3 is 9.64 Å². The van der Waals surface area contributed by atoms with Gasteiger partial charge in [-0.25, -0.2) is 13.2 Å². The number of rotatable bonds is 6. The quantitative estimate of drug-likeness (QED) is 0.752. The summed E-state index contributed by atoms with van der Waals surface area (Å²) < 4.78 is 27.8. The number of carbonyl (C=O) groups is 1. The maximum Gasteiger partial charge on any atom is 0.338 e. The van der Waals surface area contributed by atoms with Gasteiger partial charge in [-0.2, -0.15) is 0 Å². The molecule has 6 heteroatoms. The monoisotopic (exact) mass is 347 g/mol. The van der Waals surface area contributed by atoms with Crippen molar-refractivity contribution < 1.29 is 17.9 Å². The van der Waals surface area contributed by atoms with E-state index >= 15 is 0 Å². The number of carbonyl (C=O) groups excluding carboxylic acids is 1. The molecule has 24 heavy (non-hydrogen) atoms. The number of hydrogen-bond donors (Lipinski definition) is 0. The second-order valence-electron chi connectivity index (χ2n) is 5.91. The second kappa shape index (κ2) is 7.49. The number of esters is 1. The fourth-order valence-electron chi connectivity index (χ4n) is 2.20. The van der Waals surface area contributed by atoms with Crippen LogP contribution >= 0.6 is 0 Å². The standard InChI is InChI=1S/C18H21NO4S/c1-19(2)17-6-4-5-15(11-17)12-23-18(20)16-9-7-14(8-10-16)13-24(3,21)22/h4-11H,12-13H2,1-3H3. The molecule has 0 aromatic heterocycles. The smallest absolute Gasteiger partial charge is 0.338 e. The number of nitrogens with zero attached hydrogens (tertiary/aromatic N) is 1. The molecule has 0 atom stereocenters. The van der Waals surface area contributed by atoms with Gasteiger partial charge in [0.1, 0.15) is 6.61 Å². The van der Waals surface area contributed by atoms with E-state index in [1.165, 1.54) is 6.26 Å². The highest BCUT2D eigenvalue weighted by atomic mass is 32.2. The Morgan fingerprint density at radius 3 is 2.29 bits per heavy atom. The summed E-state index contributed by atoms with van der Waals surface area (Å²) in [6.07, 6.45) is 1.18. The first-order valence-corrected chi connectivity index (χ1v) is 9.51. The molecule has 2 aromatic rings. The normalized spacial score (nSPS) is 11.1. The zero-order chi connectivity index (χ0) is 17.7. The minimum atomic E-state index is -3.09. The summed E-state index contributed by atoms with van der Waals surface area (Å²) in [6.45, 7) is 0.186. The molecule has 128 valence electrons. The van der Waals surface area contributed by atoms with Crippen molar-refractivity contribution in [1.82, 2.24) is 0 Å². The molecule has 0 saturated carbocycles. The third-order valence-corrected chi connectivity index (χ3v) is 4.27. The molecule has 0 fully saturated rings. The molecule has 2 aromatic carbocycles. The fraction of sp³-hybridized carbons (Fsp3) is 0.278. The van der Waals surface area contributed by atoms with Crippen molar-refractivity contribution in [2.45, 2.75) is 12.4 Å². The van der Waals surface area contributed by atoms with E-state index < -0.39 is 15.8 Å². The van der Waals surface area contributed by atoms with Crippen LogP contribution < -0.4 is 4.90 Å². The fourth-order valence-corrected chi connectivity index (χ4v) is 2.99. The number of hydrogen-bond acceptors (Lipinski definition) is 5. The Morgan fingerprint density at radius 2 is 1.71 bits per heavy atom. The number of ether oxygens (including phenoxy) is 1. The molecule has 0 aliphatic heterocycles. The lowest BCUT2D eigenvalue weighted by molar-refractivity contribution is 0.0472. The molecule has 0 heterocycles. The van der Waals surface area contributed by atoms with Crippen LogP contribution in [0.25, 0.3) is 0 Å². The van der Waals surface area contributed by atoms with Crippen LogP contribution in [0, 0.1) is 0 Å². The van der Waals surface area contributed by atoms with Crippen molar-refractivity contribution in [2.24, 2.45) is 0 Å². The summed E-state index contributed by atoms with van der Waals surface area (Å²) in [5, 5.41) is 0. The summed E-state index contributed by atoms with van der Waals surface area (Å²) in [7, 11) is 0.807. The van der Waals surface area contributed by atoms with Crippen molar-refractivity contribution in [1.29, 1.82) is 0 Å². The summed E-state index contributed by atoms with van der Waals surface area (Å²) in [6, 6.07) is 14.2. The summed E-state index contributed by atoms with van der Waals surface area (Å²) in [4.78, 5) is 14.1. The van der Waals surface area contributed by atoms with Crippen LogP contribution in [0.3, 0.4) is 0 Å². The average Bonchev–Trinajstić information content (AvgIpc) is 2.52. The van der Waals surface area contributed by atoms with Crippen LogP contribution in [0.1, 0.15) is 21.5 Å². The van der Waals surface area contributed by atoms with Crippen LogP contribution in [0.5, 0.6) is 0 Å². The Bertz CT molecular complexity index is 811. The maximum absolute atomic E-state index is 12.1. The summed E-state index contributed by atoms with van der Waals surface area (Å²) in [5.74, 6) is -0.476. The van der Waals surface area contributed by atoms with Gasteiger partial charge in [0.25, 0.3) is 0 Å². The van der Waals surface area contributed by atoms with Crippen LogP contribution in [-0.2, 0) is 26.9 Å². The first-order chi connectivity index (χ1) is 11.2. The van der Waals surface area contributed by atoms with Gasteiger partial charge in [-0.1, -0.05) is 24.3 Å². The third-order valence-electron chi connectivity index (χ3n) is 3.42. The molecule has 0 spiro atoms. The van der Waals surface area contributed by atoms with E-state index in [1.807, 2.05) is 43.3 Å². The number of anilines is 1. The molecule has 0 unspecified atom stereocenters. The Labute approximate surface area is 142 Å². The second-order valence-corrected chi connectivity index (χ2v) is 8.05. The predicted octanol–water partition coefficient (Wildman–Crippen LogP) is 2.65. The highest BCUT2D eigenvalue weighted by molar-refractivity contribution is 7.89. The molecular weight excluding hydrogens is 326 g/mol. The topological polar surface area (TPSA) is 63.7 Å². The van der Waals surface area contributed by atoms with E-state index in [1.54, 1.807) is 24.3 Å². The van der Waals surface area contributed by atoms with Crippen LogP contribution in [0.15, 0.2) is 48.5 Å². The minimum absolute atomic E-state index is 0.0420. The first-order valence-electron chi connectivity index (χ1n) is 7.45. The zero-order valence-electron chi connectivity index (χ0n) is 14.0. The van der Waals surface area contributed by atoms with E-state index in [9.17, 15) is 13.2 Å². The molecule has 2 rings (SSSR count). The van der Waals surface area contributed by atoms with Crippen molar-refractivity contribution in [3.8, 4) is 0 Å². The van der Waals surface area contributed by atoms with Gasteiger partial charge in [0.2, 0.25) is 0 Å². The number of benzene rings is 2. The van der Waals surface area contributed by atoms with Gasteiger partial charge in [0.05, 0.1) is 11.3 Å². The van der Waals surface area contributed by atoms with E-state index in [-0.39, 0.29) is 12.4 Å². The molecule has 0 aliphatic rings. The minimum Gasteiger partial charge on any atom is -0.457 e. The van der Waals surface area contributed by atoms with Gasteiger partial charge in [0.15, 0.2) is 9.84 Å². The molecule has 0 saturated heterocycles. The van der Waals surface area contributed by atoms with Gasteiger partial charge in [-0.3, -0.25) is 0 Å². The Morgan fingerprint density at radius 1 is 1.04 bits per heavy atom. The van der Waals surface area contributed by atoms with Crippen LogP contribution in [0.2, 0.25) is 0 Å². The van der Waals surface area contributed by atoms with E-state index in [0.717, 1.165) is 11.3 Å². The highest BCUT2D eigenvalue weighted by Crippen LogP contribution is 2.15. The molecule has 0 aliphatic carbocycles. The van der Waals surface area contributed by atoms with Gasteiger partial charge in [0, 0.05) is 26.0 Å². The lowest BCUT2D eigenvalue weighted by atomic mass is 10.1. The molecule has 0 bridgehead atoms. The van der Waals surface area contributed by atoms with Gasteiger partial charge in [-0.15, -0.1) is 0 Å². The number of sulfone groups is 1. The molecular formula is C18H21NO4S. The van der Waals surface area contributed by atoms with E-state index in [2.05, 4.69) is 0 Å². The van der Waals surface area contributed by atoms with Crippen molar-refractivity contribution >= 4 is 21.5 Å². The van der Waals surface area contributed by atoms with Gasteiger partial charge in [-0.05, 0) is 35.4 Å². The van der Waals surface area contributed by atoms with Crippen LogP contribution in [-0.4, -0.2) is 34.7 Å². The van der Waals surface area contributed by atoms with Crippen molar-refractivity contribution in [2.75, 3.05) is 25.3 Å². The third kappa shape index (κ3) is 5.38. The first kappa shape index (κ1) is 18.0. The van der Waals surface area contributed by atoms with E-state index in [4.69, 9.17) is 4.74 Å². The lowest BCUT2D eigenvalue weighted by Gasteiger charge is -2.13. The summed E-state index contributed by atoms with van der Waals surface area (Å²) in [5.41, 5.74) is 2.99. The van der Waals surface area contributed by atoms with Crippen molar-refractivity contribution in [3.05, 3.63) is 65.2 Å². The predicted molar refractivity (Wildman–Crippen MR) is 94.9 cm³/mol. The molecule has 0 amide bonds. The highest BCUT2D eigenvalue weighted by Gasteiger charge is 2.10. The Hall–Kier alpha value is -2.34.